The minimum Gasteiger partial charge on any atom is -0.507 e. The van der Waals surface area contributed by atoms with Gasteiger partial charge >= 0.3 is 0 Å². The number of ether oxygens (including phenoxy) is 2. The van der Waals surface area contributed by atoms with E-state index in [1.54, 1.807) is 48.4 Å². The van der Waals surface area contributed by atoms with E-state index in [-0.39, 0.29) is 17.4 Å². The third-order valence-corrected chi connectivity index (χ3v) is 5.45. The van der Waals surface area contributed by atoms with Crippen LogP contribution in [0.1, 0.15) is 37.4 Å². The summed E-state index contributed by atoms with van der Waals surface area (Å²) in [5.41, 5.74) is 1.24. The molecule has 0 aromatic heterocycles. The fraction of sp³-hybridized carbons (Fsp3) is 0.385. The Kier molecular flexibility index (Phi) is 7.76. The van der Waals surface area contributed by atoms with Gasteiger partial charge in [-0.05, 0) is 82.9 Å². The zero-order valence-electron chi connectivity index (χ0n) is 19.9. The zero-order valence-corrected chi connectivity index (χ0v) is 19.9. The molecule has 7 nitrogen and oxygen atoms in total. The molecule has 33 heavy (non-hydrogen) atoms. The molecule has 176 valence electrons. The first-order chi connectivity index (χ1) is 15.7. The highest BCUT2D eigenvalue weighted by molar-refractivity contribution is 6.46. The van der Waals surface area contributed by atoms with Crippen molar-refractivity contribution in [1.82, 2.24) is 9.80 Å². The van der Waals surface area contributed by atoms with E-state index in [4.69, 9.17) is 9.47 Å². The van der Waals surface area contributed by atoms with Crippen molar-refractivity contribution < 1.29 is 24.2 Å². The van der Waals surface area contributed by atoms with Crippen molar-refractivity contribution in [3.63, 3.8) is 0 Å². The first-order valence-electron chi connectivity index (χ1n) is 11.1. The average molecular weight is 453 g/mol. The number of rotatable bonds is 9. The molecule has 1 heterocycles. The second-order valence-corrected chi connectivity index (χ2v) is 8.62. The number of carbonyl (C=O) groups excluding carboxylic acids is 2. The molecule has 1 aliphatic rings. The molecule has 1 aliphatic heterocycles. The lowest BCUT2D eigenvalue weighted by atomic mass is 9.95. The summed E-state index contributed by atoms with van der Waals surface area (Å²) in [7, 11) is 5.48. The molecule has 1 fully saturated rings. The fourth-order valence-corrected chi connectivity index (χ4v) is 3.95. The summed E-state index contributed by atoms with van der Waals surface area (Å²) in [5, 5.41) is 11.2. The van der Waals surface area contributed by atoms with Gasteiger partial charge in [0, 0.05) is 12.1 Å². The molecule has 1 atom stereocenters. The van der Waals surface area contributed by atoms with Crippen LogP contribution in [0.2, 0.25) is 0 Å². The van der Waals surface area contributed by atoms with Crippen molar-refractivity contribution in [2.45, 2.75) is 32.4 Å². The van der Waals surface area contributed by atoms with Crippen molar-refractivity contribution in [3.05, 3.63) is 65.2 Å². The smallest absolute Gasteiger partial charge is 0.295 e. The van der Waals surface area contributed by atoms with Gasteiger partial charge in [-0.15, -0.1) is 0 Å². The Labute approximate surface area is 195 Å². The van der Waals surface area contributed by atoms with Crippen LogP contribution >= 0.6 is 0 Å². The number of hydrogen-bond acceptors (Lipinski definition) is 6. The highest BCUT2D eigenvalue weighted by atomic mass is 16.5. The van der Waals surface area contributed by atoms with Crippen LogP contribution in [0.25, 0.3) is 5.76 Å². The van der Waals surface area contributed by atoms with Gasteiger partial charge in [0.25, 0.3) is 11.7 Å². The van der Waals surface area contributed by atoms with E-state index in [0.717, 1.165) is 6.54 Å². The lowest BCUT2D eigenvalue weighted by Gasteiger charge is -2.26. The minimum absolute atomic E-state index is 0.0185. The summed E-state index contributed by atoms with van der Waals surface area (Å²) in [6.45, 7) is 5.02. The van der Waals surface area contributed by atoms with Gasteiger partial charge in [-0.1, -0.05) is 12.1 Å². The first-order valence-corrected chi connectivity index (χ1v) is 11.1. The number of aliphatic hydroxyl groups is 1. The summed E-state index contributed by atoms with van der Waals surface area (Å²) < 4.78 is 11.0. The number of amides is 1. The highest BCUT2D eigenvalue weighted by Gasteiger charge is 2.45. The van der Waals surface area contributed by atoms with Crippen molar-refractivity contribution >= 4 is 17.4 Å². The fourth-order valence-electron chi connectivity index (χ4n) is 3.95. The first kappa shape index (κ1) is 24.3. The third-order valence-electron chi connectivity index (χ3n) is 5.45. The van der Waals surface area contributed by atoms with Crippen LogP contribution in [0.4, 0.5) is 0 Å². The van der Waals surface area contributed by atoms with E-state index in [1.807, 2.05) is 45.0 Å². The Bertz CT molecular complexity index is 1030. The second-order valence-electron chi connectivity index (χ2n) is 8.62. The molecule has 0 bridgehead atoms. The van der Waals surface area contributed by atoms with Gasteiger partial charge in [0.2, 0.25) is 0 Å². The average Bonchev–Trinajstić information content (AvgIpc) is 3.03. The number of benzene rings is 2. The van der Waals surface area contributed by atoms with Crippen molar-refractivity contribution in [2.75, 3.05) is 34.3 Å². The van der Waals surface area contributed by atoms with Gasteiger partial charge in [-0.2, -0.15) is 0 Å². The van der Waals surface area contributed by atoms with Crippen molar-refractivity contribution in [3.8, 4) is 11.5 Å². The van der Waals surface area contributed by atoms with Gasteiger partial charge < -0.3 is 24.4 Å². The van der Waals surface area contributed by atoms with E-state index in [1.165, 1.54) is 0 Å². The molecule has 1 amide bonds. The molecule has 2 aromatic rings. The van der Waals surface area contributed by atoms with Gasteiger partial charge in [0.1, 0.15) is 17.3 Å². The van der Waals surface area contributed by atoms with Crippen LogP contribution in [0.15, 0.2) is 54.1 Å². The highest BCUT2D eigenvalue weighted by Crippen LogP contribution is 2.40. The number of Topliss-reactive ketones (excluding diaryl/α,β-unsaturated/α-hetero) is 1. The van der Waals surface area contributed by atoms with Crippen molar-refractivity contribution in [2.24, 2.45) is 0 Å². The molecule has 0 unspecified atom stereocenters. The number of carbonyl (C=O) groups is 2. The Morgan fingerprint density at radius 1 is 1.09 bits per heavy atom. The second kappa shape index (κ2) is 10.5. The van der Waals surface area contributed by atoms with E-state index >= 15 is 0 Å². The van der Waals surface area contributed by atoms with E-state index in [0.29, 0.717) is 35.6 Å². The van der Waals surface area contributed by atoms with Gasteiger partial charge in [-0.25, -0.2) is 0 Å². The maximum absolute atomic E-state index is 13.1. The Hall–Kier alpha value is -3.32. The largest absolute Gasteiger partial charge is 0.507 e. The number of hydrogen-bond donors (Lipinski definition) is 1. The lowest BCUT2D eigenvalue weighted by Crippen LogP contribution is -2.32. The minimum atomic E-state index is -0.700. The molecule has 0 spiro atoms. The van der Waals surface area contributed by atoms with Crippen molar-refractivity contribution in [1.29, 1.82) is 0 Å². The summed E-state index contributed by atoms with van der Waals surface area (Å²) in [4.78, 5) is 29.7. The number of likely N-dealkylation sites (tertiary alicyclic amines) is 1. The molecular weight excluding hydrogens is 420 g/mol. The molecule has 1 N–H and O–H groups in total. The zero-order chi connectivity index (χ0) is 24.1. The van der Waals surface area contributed by atoms with Crippen LogP contribution in [0, 0.1) is 0 Å². The molecule has 0 aliphatic carbocycles. The predicted molar refractivity (Wildman–Crippen MR) is 127 cm³/mol. The number of methoxy groups -OCH3 is 1. The maximum atomic E-state index is 13.1. The van der Waals surface area contributed by atoms with E-state index in [2.05, 4.69) is 0 Å². The number of aliphatic hydroxyl groups excluding tert-OH is 1. The summed E-state index contributed by atoms with van der Waals surface area (Å²) in [6.07, 6.45) is 0.715. The monoisotopic (exact) mass is 452 g/mol. The Balaban J connectivity index is 2.05. The summed E-state index contributed by atoms with van der Waals surface area (Å²) in [6, 6.07) is 13.4. The Morgan fingerprint density at radius 2 is 1.79 bits per heavy atom. The summed E-state index contributed by atoms with van der Waals surface area (Å²) in [5.74, 6) is -0.223. The number of ketones is 1. The van der Waals surface area contributed by atoms with Gasteiger partial charge in [0.05, 0.1) is 24.8 Å². The predicted octanol–water partition coefficient (Wildman–Crippen LogP) is 3.86. The van der Waals surface area contributed by atoms with Crippen LogP contribution in [-0.4, -0.2) is 67.0 Å². The van der Waals surface area contributed by atoms with Crippen LogP contribution in [0.3, 0.4) is 0 Å². The SMILES string of the molecule is COc1cccc([C@H]2C(=C(O)c3ccc(OC(C)C)cc3)C(=O)C(=O)N2CCCN(C)C)c1. The quantitative estimate of drug-likeness (QED) is 0.354. The van der Waals surface area contributed by atoms with Gasteiger partial charge in [-0.3, -0.25) is 9.59 Å². The van der Waals surface area contributed by atoms with Crippen LogP contribution < -0.4 is 9.47 Å². The van der Waals surface area contributed by atoms with E-state index in [9.17, 15) is 14.7 Å². The molecule has 3 rings (SSSR count). The molecule has 2 aromatic carbocycles. The summed E-state index contributed by atoms with van der Waals surface area (Å²) >= 11 is 0. The normalized spacial score (nSPS) is 17.8. The molecular formula is C26H32N2O5. The van der Waals surface area contributed by atoms with Gasteiger partial charge in [0.15, 0.2) is 0 Å². The molecule has 0 radical (unpaired) electrons. The van der Waals surface area contributed by atoms with Crippen LogP contribution in [0.5, 0.6) is 11.5 Å². The lowest BCUT2D eigenvalue weighted by molar-refractivity contribution is -0.139. The topological polar surface area (TPSA) is 79.3 Å². The molecule has 0 saturated carbocycles. The Morgan fingerprint density at radius 3 is 2.39 bits per heavy atom. The third kappa shape index (κ3) is 5.54. The van der Waals surface area contributed by atoms with Crippen LogP contribution in [-0.2, 0) is 9.59 Å². The standard InChI is InChI=1S/C26H32N2O5/c1-17(2)33-20-12-10-18(11-13-20)24(29)22-23(19-8-6-9-21(16-19)32-5)28(26(31)25(22)30)15-7-14-27(3)4/h6,8-13,16-17,23,29H,7,14-15H2,1-5H3/t23-/m0/s1. The molecule has 7 heteroatoms. The molecule has 1 saturated heterocycles. The van der Waals surface area contributed by atoms with E-state index < -0.39 is 17.7 Å². The number of nitrogens with zero attached hydrogens (tertiary/aromatic N) is 2. The maximum Gasteiger partial charge on any atom is 0.295 e.